The molecule has 2 rings (SSSR count). The molecule has 2 heterocycles. The Morgan fingerprint density at radius 2 is 2.04 bits per heavy atom. The van der Waals surface area contributed by atoms with Crippen LogP contribution in [0, 0.1) is 12.8 Å². The molecule has 1 aromatic rings. The number of ether oxygens (including phenoxy) is 1. The van der Waals surface area contributed by atoms with Crippen molar-refractivity contribution in [2.24, 2.45) is 5.92 Å². The predicted octanol–water partition coefficient (Wildman–Crippen LogP) is 2.38. The number of aryl methyl sites for hydroxylation is 1. The normalized spacial score (nSPS) is 22.1. The quantitative estimate of drug-likeness (QED) is 0.613. The number of piperidine rings is 1. The van der Waals surface area contributed by atoms with Gasteiger partial charge in [-0.25, -0.2) is 4.79 Å². The number of aromatic nitrogens is 1. The van der Waals surface area contributed by atoms with Crippen molar-refractivity contribution in [3.63, 3.8) is 0 Å². The van der Waals surface area contributed by atoms with Crippen LogP contribution < -0.4 is 0 Å². The third-order valence-electron chi connectivity index (χ3n) is 3.71. The van der Waals surface area contributed by atoms with Crippen molar-refractivity contribution in [1.29, 1.82) is 0 Å². The Morgan fingerprint density at radius 3 is 2.57 bits per heavy atom. The highest BCUT2D eigenvalue weighted by atomic mass is 16.6. The molecule has 0 saturated carbocycles. The molecule has 7 heteroatoms. The lowest BCUT2D eigenvalue weighted by atomic mass is 9.84. The molecule has 0 bridgehead atoms. The molecule has 1 aliphatic heterocycles. The van der Waals surface area contributed by atoms with Crippen LogP contribution in [0.15, 0.2) is 10.6 Å². The fraction of sp³-hybridized carbons (Fsp3) is 0.625. The molecule has 0 radical (unpaired) electrons. The van der Waals surface area contributed by atoms with Gasteiger partial charge < -0.3 is 14.2 Å². The standard InChI is InChI=1S/C16H22N2O5/c1-9-8-11(17-23-9)14(20)13-10(2)18(7-6-12(13)19)15(21)22-16(3,4)5/h8,10,13H,6-7H2,1-5H3/t10-,13?/m0/s1. The summed E-state index contributed by atoms with van der Waals surface area (Å²) in [4.78, 5) is 38.5. The summed E-state index contributed by atoms with van der Waals surface area (Å²) in [5.41, 5.74) is -0.528. The molecule has 1 fully saturated rings. The molecule has 1 aromatic heterocycles. The zero-order valence-corrected chi connectivity index (χ0v) is 14.1. The van der Waals surface area contributed by atoms with Gasteiger partial charge in [0, 0.05) is 25.1 Å². The van der Waals surface area contributed by atoms with Gasteiger partial charge >= 0.3 is 6.09 Å². The van der Waals surface area contributed by atoms with Crippen molar-refractivity contribution in [2.75, 3.05) is 6.54 Å². The maximum atomic E-state index is 12.6. The number of carbonyl (C=O) groups excluding carboxylic acids is 3. The van der Waals surface area contributed by atoms with Gasteiger partial charge in [-0.2, -0.15) is 0 Å². The number of carbonyl (C=O) groups is 3. The molecular formula is C16H22N2O5. The van der Waals surface area contributed by atoms with E-state index in [2.05, 4.69) is 5.16 Å². The van der Waals surface area contributed by atoms with Gasteiger partial charge in [0.15, 0.2) is 11.5 Å². The van der Waals surface area contributed by atoms with Crippen molar-refractivity contribution in [3.8, 4) is 0 Å². The summed E-state index contributed by atoms with van der Waals surface area (Å²) in [6, 6.07) is 0.907. The fourth-order valence-electron chi connectivity index (χ4n) is 2.62. The van der Waals surface area contributed by atoms with Crippen molar-refractivity contribution >= 4 is 17.7 Å². The Bertz CT molecular complexity index is 629. The monoisotopic (exact) mass is 322 g/mol. The molecule has 1 amide bonds. The zero-order valence-electron chi connectivity index (χ0n) is 14.1. The van der Waals surface area contributed by atoms with E-state index in [0.29, 0.717) is 5.76 Å². The summed E-state index contributed by atoms with van der Waals surface area (Å²) in [7, 11) is 0. The second kappa shape index (κ2) is 6.14. The van der Waals surface area contributed by atoms with Crippen LogP contribution in [0.3, 0.4) is 0 Å². The van der Waals surface area contributed by atoms with Crippen molar-refractivity contribution in [1.82, 2.24) is 10.1 Å². The molecule has 23 heavy (non-hydrogen) atoms. The molecule has 2 atom stereocenters. The van der Waals surface area contributed by atoms with Crippen LogP contribution in [-0.2, 0) is 9.53 Å². The van der Waals surface area contributed by atoms with Gasteiger partial charge in [0.05, 0.1) is 0 Å². The van der Waals surface area contributed by atoms with Gasteiger partial charge in [-0.3, -0.25) is 9.59 Å². The number of hydrogen-bond donors (Lipinski definition) is 0. The van der Waals surface area contributed by atoms with E-state index in [9.17, 15) is 14.4 Å². The van der Waals surface area contributed by atoms with Crippen LogP contribution in [-0.4, -0.2) is 45.9 Å². The first-order valence-corrected chi connectivity index (χ1v) is 7.60. The lowest BCUT2D eigenvalue weighted by Crippen LogP contribution is -2.54. The molecule has 126 valence electrons. The van der Waals surface area contributed by atoms with Crippen LogP contribution in [0.4, 0.5) is 4.79 Å². The summed E-state index contributed by atoms with van der Waals surface area (Å²) < 4.78 is 10.3. The maximum absolute atomic E-state index is 12.6. The van der Waals surface area contributed by atoms with Crippen molar-refractivity contribution < 1.29 is 23.6 Å². The number of rotatable bonds is 2. The van der Waals surface area contributed by atoms with Gasteiger partial charge in [-0.1, -0.05) is 5.16 Å². The first-order valence-electron chi connectivity index (χ1n) is 7.60. The summed E-state index contributed by atoms with van der Waals surface area (Å²) in [6.45, 7) is 8.90. The van der Waals surface area contributed by atoms with E-state index < -0.39 is 29.4 Å². The predicted molar refractivity (Wildman–Crippen MR) is 81.1 cm³/mol. The van der Waals surface area contributed by atoms with E-state index in [1.54, 1.807) is 34.6 Å². The summed E-state index contributed by atoms with van der Waals surface area (Å²) in [5, 5.41) is 3.68. The average Bonchev–Trinajstić information content (AvgIpc) is 2.83. The minimum atomic E-state index is -0.944. The molecule has 1 saturated heterocycles. The highest BCUT2D eigenvalue weighted by Crippen LogP contribution is 2.26. The lowest BCUT2D eigenvalue weighted by molar-refractivity contribution is -0.126. The second-order valence-corrected chi connectivity index (χ2v) is 6.80. The SMILES string of the molecule is Cc1cc(C(=O)C2C(=O)CCN(C(=O)OC(C)(C)C)[C@H]2C)no1. The topological polar surface area (TPSA) is 89.7 Å². The van der Waals surface area contributed by atoms with Crippen LogP contribution in [0.25, 0.3) is 0 Å². The zero-order chi connectivity index (χ0) is 17.4. The van der Waals surface area contributed by atoms with Crippen LogP contribution in [0.1, 0.15) is 50.4 Å². The van der Waals surface area contributed by atoms with E-state index in [0.717, 1.165) is 0 Å². The van der Waals surface area contributed by atoms with Crippen LogP contribution in [0.5, 0.6) is 0 Å². The minimum Gasteiger partial charge on any atom is -0.444 e. The molecule has 0 N–H and O–H groups in total. The van der Waals surface area contributed by atoms with Gasteiger partial charge in [-0.05, 0) is 34.6 Å². The Hall–Kier alpha value is -2.18. The highest BCUT2D eigenvalue weighted by molar-refractivity contribution is 6.11. The minimum absolute atomic E-state index is 0.110. The molecule has 1 aliphatic rings. The van der Waals surface area contributed by atoms with Gasteiger partial charge in [0.2, 0.25) is 0 Å². The molecule has 7 nitrogen and oxygen atoms in total. The summed E-state index contributed by atoms with van der Waals surface area (Å²) in [6.07, 6.45) is -0.400. The van der Waals surface area contributed by atoms with Crippen LogP contribution in [0.2, 0.25) is 0 Å². The third kappa shape index (κ3) is 3.78. The maximum Gasteiger partial charge on any atom is 0.410 e. The van der Waals surface area contributed by atoms with Gasteiger partial charge in [0.25, 0.3) is 0 Å². The molecule has 0 aliphatic carbocycles. The summed E-state index contributed by atoms with van der Waals surface area (Å²) in [5.74, 6) is -1.07. The van der Waals surface area contributed by atoms with E-state index in [4.69, 9.17) is 9.26 Å². The Balaban J connectivity index is 2.20. The summed E-state index contributed by atoms with van der Waals surface area (Å²) >= 11 is 0. The number of ketones is 2. The molecular weight excluding hydrogens is 300 g/mol. The van der Waals surface area contributed by atoms with E-state index in [-0.39, 0.29) is 24.4 Å². The van der Waals surface area contributed by atoms with Gasteiger partial charge in [0.1, 0.15) is 23.1 Å². The first-order chi connectivity index (χ1) is 10.6. The number of amides is 1. The number of Topliss-reactive ketones (excluding diaryl/α,β-unsaturated/α-hetero) is 2. The van der Waals surface area contributed by atoms with Gasteiger partial charge in [-0.15, -0.1) is 0 Å². The van der Waals surface area contributed by atoms with Crippen molar-refractivity contribution in [3.05, 3.63) is 17.5 Å². The number of likely N-dealkylation sites (tertiary alicyclic amines) is 1. The highest BCUT2D eigenvalue weighted by Gasteiger charge is 2.43. The third-order valence-corrected chi connectivity index (χ3v) is 3.71. The Kier molecular flexibility index (Phi) is 4.58. The first kappa shape index (κ1) is 17.2. The Morgan fingerprint density at radius 1 is 1.39 bits per heavy atom. The smallest absolute Gasteiger partial charge is 0.410 e. The average molecular weight is 322 g/mol. The number of nitrogens with zero attached hydrogens (tertiary/aromatic N) is 2. The number of hydrogen-bond acceptors (Lipinski definition) is 6. The van der Waals surface area contributed by atoms with E-state index in [1.807, 2.05) is 0 Å². The molecule has 0 aromatic carbocycles. The van der Waals surface area contributed by atoms with Crippen molar-refractivity contribution in [2.45, 2.75) is 52.7 Å². The Labute approximate surface area is 134 Å². The largest absolute Gasteiger partial charge is 0.444 e. The van der Waals surface area contributed by atoms with Crippen LogP contribution >= 0.6 is 0 Å². The van der Waals surface area contributed by atoms with E-state index >= 15 is 0 Å². The second-order valence-electron chi connectivity index (χ2n) is 6.80. The molecule has 1 unspecified atom stereocenters. The lowest BCUT2D eigenvalue weighted by Gasteiger charge is -2.38. The molecule has 0 spiro atoms. The fourth-order valence-corrected chi connectivity index (χ4v) is 2.62. The van der Waals surface area contributed by atoms with E-state index in [1.165, 1.54) is 11.0 Å².